The van der Waals surface area contributed by atoms with Gasteiger partial charge in [0.15, 0.2) is 5.17 Å². The lowest BCUT2D eigenvalue weighted by atomic mass is 10.2. The van der Waals surface area contributed by atoms with Crippen LogP contribution in [0.15, 0.2) is 59.6 Å². The van der Waals surface area contributed by atoms with Gasteiger partial charge in [0.2, 0.25) is 0 Å². The largest absolute Gasteiger partial charge is 0.497 e. The van der Waals surface area contributed by atoms with Gasteiger partial charge in [0.25, 0.3) is 5.91 Å². The van der Waals surface area contributed by atoms with Crippen LogP contribution in [-0.4, -0.2) is 34.9 Å². The van der Waals surface area contributed by atoms with Gasteiger partial charge in [-0.1, -0.05) is 42.4 Å². The molecule has 1 aliphatic rings. The van der Waals surface area contributed by atoms with E-state index in [9.17, 15) is 4.79 Å². The third-order valence-electron chi connectivity index (χ3n) is 3.81. The highest BCUT2D eigenvalue weighted by molar-refractivity contribution is 8.14. The summed E-state index contributed by atoms with van der Waals surface area (Å²) >= 11 is 7.51. The minimum atomic E-state index is -0.0858. The monoisotopic (exact) mass is 386 g/mol. The van der Waals surface area contributed by atoms with E-state index in [0.717, 1.165) is 17.0 Å². The lowest BCUT2D eigenvalue weighted by Crippen LogP contribution is -2.30. The molecule has 2 aromatic rings. The Morgan fingerprint density at radius 3 is 2.81 bits per heavy atom. The standard InChI is InChI=1S/C20H19ClN2O2S/c1-14-13-23(20(26-14)22-17-9-7-16(21)8-10-17)19(24)11-6-15-4-3-5-18(12-15)25-2/h3-12,14H,13H2,1-2H3/b11-6+,22-20?/t14-/m0/s1. The number of thioether (sulfide) groups is 1. The SMILES string of the molecule is COc1cccc(/C=C/C(=O)N2C[C@H](C)SC2=Nc2ccc(Cl)cc2)c1. The second-order valence-corrected chi connectivity index (χ2v) is 7.70. The maximum Gasteiger partial charge on any atom is 0.252 e. The number of hydrogen-bond acceptors (Lipinski definition) is 4. The number of amides is 1. The molecule has 0 spiro atoms. The van der Waals surface area contributed by atoms with E-state index in [1.807, 2.05) is 36.4 Å². The third kappa shape index (κ3) is 4.68. The van der Waals surface area contributed by atoms with E-state index in [-0.39, 0.29) is 5.91 Å². The molecule has 0 bridgehead atoms. The molecule has 0 radical (unpaired) electrons. The van der Waals surface area contributed by atoms with Crippen LogP contribution in [0.25, 0.3) is 6.08 Å². The molecule has 1 aliphatic heterocycles. The number of nitrogens with zero attached hydrogens (tertiary/aromatic N) is 2. The van der Waals surface area contributed by atoms with Gasteiger partial charge in [0.1, 0.15) is 5.75 Å². The maximum atomic E-state index is 12.7. The van der Waals surface area contributed by atoms with E-state index in [1.165, 1.54) is 0 Å². The summed E-state index contributed by atoms with van der Waals surface area (Å²) in [5.41, 5.74) is 1.69. The molecule has 0 N–H and O–H groups in total. The summed E-state index contributed by atoms with van der Waals surface area (Å²) in [5, 5.41) is 1.67. The smallest absolute Gasteiger partial charge is 0.252 e. The summed E-state index contributed by atoms with van der Waals surface area (Å²) in [6.45, 7) is 2.72. The second-order valence-electron chi connectivity index (χ2n) is 5.86. The molecule has 1 heterocycles. The first-order valence-corrected chi connectivity index (χ1v) is 9.45. The van der Waals surface area contributed by atoms with Crippen LogP contribution in [-0.2, 0) is 4.79 Å². The molecule has 1 amide bonds. The minimum Gasteiger partial charge on any atom is -0.497 e. The normalized spacial score (nSPS) is 18.7. The molecule has 3 rings (SSSR count). The molecule has 134 valence electrons. The Hall–Kier alpha value is -2.24. The molecule has 0 aromatic heterocycles. The Balaban J connectivity index is 1.77. The van der Waals surface area contributed by atoms with Gasteiger partial charge in [-0.25, -0.2) is 4.99 Å². The average Bonchev–Trinajstić information content (AvgIpc) is 3.02. The van der Waals surface area contributed by atoms with E-state index in [4.69, 9.17) is 16.3 Å². The van der Waals surface area contributed by atoms with Crippen molar-refractivity contribution in [3.05, 3.63) is 65.2 Å². The zero-order valence-corrected chi connectivity index (χ0v) is 16.1. The molecular weight excluding hydrogens is 368 g/mol. The number of methoxy groups -OCH3 is 1. The third-order valence-corrected chi connectivity index (χ3v) is 5.13. The minimum absolute atomic E-state index is 0.0858. The Labute approximate surface area is 162 Å². The van der Waals surface area contributed by atoms with Crippen LogP contribution in [0, 0.1) is 0 Å². The Morgan fingerprint density at radius 1 is 1.31 bits per heavy atom. The summed E-state index contributed by atoms with van der Waals surface area (Å²) in [7, 11) is 1.62. The first kappa shape index (κ1) is 18.5. The van der Waals surface area contributed by atoms with Gasteiger partial charge in [0.05, 0.1) is 12.8 Å². The highest BCUT2D eigenvalue weighted by atomic mass is 35.5. The van der Waals surface area contributed by atoms with Crippen LogP contribution in [0.5, 0.6) is 5.75 Å². The van der Waals surface area contributed by atoms with Crippen LogP contribution in [0.1, 0.15) is 12.5 Å². The molecule has 0 unspecified atom stereocenters. The second kappa shape index (κ2) is 8.43. The fourth-order valence-corrected chi connectivity index (χ4v) is 3.68. The van der Waals surface area contributed by atoms with Crippen LogP contribution >= 0.6 is 23.4 Å². The van der Waals surface area contributed by atoms with Crippen LogP contribution in [0.3, 0.4) is 0 Å². The number of benzene rings is 2. The summed E-state index contributed by atoms with van der Waals surface area (Å²) in [6, 6.07) is 14.8. The zero-order chi connectivity index (χ0) is 18.5. The molecule has 1 atom stereocenters. The molecule has 2 aromatic carbocycles. The average molecular weight is 387 g/mol. The summed E-state index contributed by atoms with van der Waals surface area (Å²) < 4.78 is 5.21. The number of amidine groups is 1. The van der Waals surface area contributed by atoms with Crippen molar-refractivity contribution in [3.8, 4) is 5.75 Å². The van der Waals surface area contributed by atoms with E-state index < -0.39 is 0 Å². The molecule has 4 nitrogen and oxygen atoms in total. The number of hydrogen-bond donors (Lipinski definition) is 0. The van der Waals surface area contributed by atoms with E-state index in [0.29, 0.717) is 22.0 Å². The van der Waals surface area contributed by atoms with Crippen molar-refractivity contribution in [1.29, 1.82) is 0 Å². The predicted octanol–water partition coefficient (Wildman–Crippen LogP) is 5.01. The highest BCUT2D eigenvalue weighted by Crippen LogP contribution is 2.29. The zero-order valence-electron chi connectivity index (χ0n) is 14.6. The summed E-state index contributed by atoms with van der Waals surface area (Å²) in [6.07, 6.45) is 3.36. The number of rotatable bonds is 4. The Kier molecular flexibility index (Phi) is 6.01. The fourth-order valence-electron chi connectivity index (χ4n) is 2.52. The van der Waals surface area contributed by atoms with Gasteiger partial charge in [-0.2, -0.15) is 0 Å². The number of aliphatic imine (C=N–C) groups is 1. The first-order valence-electron chi connectivity index (χ1n) is 8.19. The van der Waals surface area contributed by atoms with Crippen molar-refractivity contribution in [2.24, 2.45) is 4.99 Å². The molecular formula is C20H19ClN2O2S. The van der Waals surface area contributed by atoms with Gasteiger partial charge in [0, 0.05) is 22.9 Å². The van der Waals surface area contributed by atoms with E-state index >= 15 is 0 Å². The van der Waals surface area contributed by atoms with E-state index in [1.54, 1.807) is 48.1 Å². The van der Waals surface area contributed by atoms with Crippen molar-refractivity contribution in [3.63, 3.8) is 0 Å². The molecule has 0 saturated carbocycles. The van der Waals surface area contributed by atoms with Crippen LogP contribution < -0.4 is 4.74 Å². The number of halogens is 1. The lowest BCUT2D eigenvalue weighted by Gasteiger charge is -2.13. The fraction of sp³-hybridized carbons (Fsp3) is 0.200. The molecule has 1 saturated heterocycles. The van der Waals surface area contributed by atoms with Gasteiger partial charge in [-0.05, 0) is 48.0 Å². The van der Waals surface area contributed by atoms with Crippen molar-refractivity contribution < 1.29 is 9.53 Å². The van der Waals surface area contributed by atoms with Crippen LogP contribution in [0.2, 0.25) is 5.02 Å². The number of ether oxygens (including phenoxy) is 1. The van der Waals surface area contributed by atoms with Crippen molar-refractivity contribution in [2.75, 3.05) is 13.7 Å². The molecule has 6 heteroatoms. The van der Waals surface area contributed by atoms with Crippen molar-refractivity contribution in [2.45, 2.75) is 12.2 Å². The quantitative estimate of drug-likeness (QED) is 0.693. The predicted molar refractivity (Wildman–Crippen MR) is 109 cm³/mol. The van der Waals surface area contributed by atoms with Crippen molar-refractivity contribution >= 4 is 46.2 Å². The molecule has 26 heavy (non-hydrogen) atoms. The van der Waals surface area contributed by atoms with Gasteiger partial charge < -0.3 is 4.74 Å². The topological polar surface area (TPSA) is 41.9 Å². The summed E-state index contributed by atoms with van der Waals surface area (Å²) in [4.78, 5) is 19.0. The Morgan fingerprint density at radius 2 is 2.08 bits per heavy atom. The van der Waals surface area contributed by atoms with Gasteiger partial charge in [-0.15, -0.1) is 0 Å². The van der Waals surface area contributed by atoms with Crippen LogP contribution in [0.4, 0.5) is 5.69 Å². The molecule has 0 aliphatic carbocycles. The van der Waals surface area contributed by atoms with Crippen molar-refractivity contribution in [1.82, 2.24) is 4.90 Å². The lowest BCUT2D eigenvalue weighted by molar-refractivity contribution is -0.122. The van der Waals surface area contributed by atoms with Gasteiger partial charge >= 0.3 is 0 Å². The van der Waals surface area contributed by atoms with Gasteiger partial charge in [-0.3, -0.25) is 9.69 Å². The maximum absolute atomic E-state index is 12.7. The Bertz CT molecular complexity index is 849. The first-order chi connectivity index (χ1) is 12.5. The number of carbonyl (C=O) groups is 1. The highest BCUT2D eigenvalue weighted by Gasteiger charge is 2.29. The number of carbonyl (C=O) groups excluding carboxylic acids is 1. The molecule has 1 fully saturated rings. The summed E-state index contributed by atoms with van der Waals surface area (Å²) in [5.74, 6) is 0.673. The van der Waals surface area contributed by atoms with E-state index in [2.05, 4.69) is 11.9 Å².